The van der Waals surface area contributed by atoms with Gasteiger partial charge < -0.3 is 11.1 Å². The van der Waals surface area contributed by atoms with Gasteiger partial charge in [0.25, 0.3) is 5.91 Å². The maximum Gasteiger partial charge on any atom is 0.270 e. The molecule has 0 aromatic carbocycles. The van der Waals surface area contributed by atoms with E-state index in [-0.39, 0.29) is 11.6 Å². The number of carbonyl (C=O) groups excluding carboxylic acids is 2. The zero-order valence-electron chi connectivity index (χ0n) is 7.25. The van der Waals surface area contributed by atoms with E-state index in [1.807, 2.05) is 0 Å². The number of anilines is 1. The van der Waals surface area contributed by atoms with Gasteiger partial charge in [-0.15, -0.1) is 11.3 Å². The highest BCUT2D eigenvalue weighted by Crippen LogP contribution is 2.23. The number of hydrogen-bond donors (Lipinski definition) is 2. The Bertz CT molecular complexity index is 359. The molecule has 3 N–H and O–H groups in total. The van der Waals surface area contributed by atoms with Gasteiger partial charge in [0.15, 0.2) is 5.69 Å². The van der Waals surface area contributed by atoms with Crippen LogP contribution in [0, 0.1) is 6.92 Å². The van der Waals surface area contributed by atoms with Crippen molar-refractivity contribution in [2.45, 2.75) is 13.8 Å². The van der Waals surface area contributed by atoms with Crippen LogP contribution in [0.5, 0.6) is 0 Å². The molecule has 0 aliphatic rings. The van der Waals surface area contributed by atoms with Gasteiger partial charge in [0, 0.05) is 6.92 Å². The molecule has 1 aromatic rings. The number of nitrogens with zero attached hydrogens (tertiary/aromatic N) is 1. The first-order valence-corrected chi connectivity index (χ1v) is 4.37. The van der Waals surface area contributed by atoms with E-state index in [1.165, 1.54) is 18.3 Å². The van der Waals surface area contributed by atoms with Crippen molar-refractivity contribution in [2.24, 2.45) is 5.73 Å². The lowest BCUT2D eigenvalue weighted by atomic mass is 10.4. The number of hydrogen-bond acceptors (Lipinski definition) is 4. The molecule has 1 rings (SSSR count). The second kappa shape index (κ2) is 3.53. The third kappa shape index (κ3) is 2.25. The lowest BCUT2D eigenvalue weighted by molar-refractivity contribution is -0.114. The van der Waals surface area contributed by atoms with Crippen LogP contribution in [0.2, 0.25) is 0 Å². The summed E-state index contributed by atoms with van der Waals surface area (Å²) in [5.74, 6) is -0.876. The maximum atomic E-state index is 10.8. The molecular formula is C7H9N3O2S. The summed E-state index contributed by atoms with van der Waals surface area (Å²) in [6.45, 7) is 3.10. The highest BCUT2D eigenvalue weighted by molar-refractivity contribution is 7.16. The highest BCUT2D eigenvalue weighted by atomic mass is 32.1. The first-order chi connectivity index (χ1) is 6.00. The molecule has 0 bridgehead atoms. The van der Waals surface area contributed by atoms with Crippen LogP contribution in [-0.2, 0) is 4.79 Å². The van der Waals surface area contributed by atoms with Crippen molar-refractivity contribution in [2.75, 3.05) is 5.32 Å². The lowest BCUT2D eigenvalue weighted by Gasteiger charge is -1.97. The molecule has 1 aromatic heterocycles. The predicted molar refractivity (Wildman–Crippen MR) is 49.7 cm³/mol. The standard InChI is InChI=1S/C7H9N3O2S/c1-3(11)9-7-5(6(8)12)10-4(2)13-7/h1-2H3,(H2,8,12)(H,9,11). The van der Waals surface area contributed by atoms with E-state index in [2.05, 4.69) is 10.3 Å². The molecule has 0 spiro atoms. The van der Waals surface area contributed by atoms with Gasteiger partial charge in [-0.1, -0.05) is 0 Å². The van der Waals surface area contributed by atoms with E-state index in [1.54, 1.807) is 6.92 Å². The zero-order valence-corrected chi connectivity index (χ0v) is 8.07. The summed E-state index contributed by atoms with van der Waals surface area (Å²) in [5, 5.41) is 3.60. The van der Waals surface area contributed by atoms with Crippen molar-refractivity contribution in [3.63, 3.8) is 0 Å². The number of amides is 2. The summed E-state index contributed by atoms with van der Waals surface area (Å²) in [4.78, 5) is 25.4. The number of rotatable bonds is 2. The molecule has 0 aliphatic carbocycles. The molecule has 0 unspecified atom stereocenters. The van der Waals surface area contributed by atoms with E-state index in [9.17, 15) is 9.59 Å². The van der Waals surface area contributed by atoms with E-state index in [0.717, 1.165) is 0 Å². The Balaban J connectivity index is 3.04. The van der Waals surface area contributed by atoms with Crippen molar-refractivity contribution < 1.29 is 9.59 Å². The van der Waals surface area contributed by atoms with Crippen LogP contribution in [0.15, 0.2) is 0 Å². The summed E-state index contributed by atoms with van der Waals surface area (Å²) in [7, 11) is 0. The van der Waals surface area contributed by atoms with E-state index >= 15 is 0 Å². The summed E-state index contributed by atoms with van der Waals surface area (Å²) in [5.41, 5.74) is 5.18. The minimum atomic E-state index is -0.631. The minimum Gasteiger partial charge on any atom is -0.364 e. The molecule has 70 valence electrons. The fraction of sp³-hybridized carbons (Fsp3) is 0.286. The molecule has 13 heavy (non-hydrogen) atoms. The van der Waals surface area contributed by atoms with Gasteiger partial charge in [0.1, 0.15) is 5.00 Å². The molecule has 6 heteroatoms. The maximum absolute atomic E-state index is 10.8. The van der Waals surface area contributed by atoms with Crippen LogP contribution in [-0.4, -0.2) is 16.8 Å². The van der Waals surface area contributed by atoms with Crippen LogP contribution >= 0.6 is 11.3 Å². The Hall–Kier alpha value is -1.43. The Labute approximate surface area is 79.0 Å². The average molecular weight is 199 g/mol. The lowest BCUT2D eigenvalue weighted by Crippen LogP contribution is -2.15. The molecule has 0 fully saturated rings. The number of primary amides is 1. The summed E-state index contributed by atoms with van der Waals surface area (Å²) in [6.07, 6.45) is 0. The number of nitrogens with one attached hydrogen (secondary N) is 1. The topological polar surface area (TPSA) is 85.1 Å². The van der Waals surface area contributed by atoms with Gasteiger partial charge >= 0.3 is 0 Å². The van der Waals surface area contributed by atoms with Crippen molar-refractivity contribution in [3.05, 3.63) is 10.7 Å². The second-order valence-corrected chi connectivity index (χ2v) is 3.66. The third-order valence-electron chi connectivity index (χ3n) is 1.26. The molecule has 2 amide bonds. The highest BCUT2D eigenvalue weighted by Gasteiger charge is 2.14. The van der Waals surface area contributed by atoms with E-state index in [4.69, 9.17) is 5.73 Å². The monoisotopic (exact) mass is 199 g/mol. The smallest absolute Gasteiger partial charge is 0.270 e. The van der Waals surface area contributed by atoms with Crippen molar-refractivity contribution >= 4 is 28.2 Å². The van der Waals surface area contributed by atoms with Gasteiger partial charge in [0.05, 0.1) is 5.01 Å². The molecule has 0 atom stereocenters. The van der Waals surface area contributed by atoms with Crippen molar-refractivity contribution in [3.8, 4) is 0 Å². The molecule has 5 nitrogen and oxygen atoms in total. The largest absolute Gasteiger partial charge is 0.364 e. The summed E-state index contributed by atoms with van der Waals surface area (Å²) < 4.78 is 0. The molecular weight excluding hydrogens is 190 g/mol. The summed E-state index contributed by atoms with van der Waals surface area (Å²) >= 11 is 1.23. The predicted octanol–water partition coefficient (Wildman–Crippen LogP) is 0.509. The van der Waals surface area contributed by atoms with Crippen LogP contribution in [0.3, 0.4) is 0 Å². The van der Waals surface area contributed by atoms with Crippen LogP contribution in [0.4, 0.5) is 5.00 Å². The molecule has 0 saturated carbocycles. The number of aromatic nitrogens is 1. The van der Waals surface area contributed by atoms with E-state index < -0.39 is 5.91 Å². The van der Waals surface area contributed by atoms with Gasteiger partial charge in [0.2, 0.25) is 5.91 Å². The van der Waals surface area contributed by atoms with Crippen molar-refractivity contribution in [1.82, 2.24) is 4.98 Å². The first-order valence-electron chi connectivity index (χ1n) is 3.55. The van der Waals surface area contributed by atoms with Gasteiger partial charge in [-0.3, -0.25) is 9.59 Å². The normalized spacial score (nSPS) is 9.69. The van der Waals surface area contributed by atoms with Crippen LogP contribution in [0.1, 0.15) is 22.4 Å². The first kappa shape index (κ1) is 9.66. The number of thiazole rings is 1. The Morgan fingerprint density at radius 3 is 2.62 bits per heavy atom. The van der Waals surface area contributed by atoms with Crippen LogP contribution < -0.4 is 11.1 Å². The van der Waals surface area contributed by atoms with Crippen molar-refractivity contribution in [1.29, 1.82) is 0 Å². The number of aryl methyl sites for hydroxylation is 1. The second-order valence-electron chi connectivity index (χ2n) is 2.46. The van der Waals surface area contributed by atoms with Gasteiger partial charge in [-0.25, -0.2) is 4.98 Å². The Morgan fingerprint density at radius 2 is 2.15 bits per heavy atom. The fourth-order valence-electron chi connectivity index (χ4n) is 0.839. The third-order valence-corrected chi connectivity index (χ3v) is 2.14. The SMILES string of the molecule is CC(=O)Nc1sc(C)nc1C(N)=O. The summed E-state index contributed by atoms with van der Waals surface area (Å²) in [6, 6.07) is 0. The quantitative estimate of drug-likeness (QED) is 0.727. The fourth-order valence-corrected chi connectivity index (χ4v) is 1.71. The van der Waals surface area contributed by atoms with E-state index in [0.29, 0.717) is 10.0 Å². The number of carbonyl (C=O) groups is 2. The Morgan fingerprint density at radius 1 is 1.54 bits per heavy atom. The molecule has 1 heterocycles. The molecule has 0 radical (unpaired) electrons. The average Bonchev–Trinajstić information content (AvgIpc) is 2.29. The molecule has 0 saturated heterocycles. The number of nitrogens with two attached hydrogens (primary N) is 1. The Kier molecular flexibility index (Phi) is 2.62. The minimum absolute atomic E-state index is 0.123. The van der Waals surface area contributed by atoms with Crippen LogP contribution in [0.25, 0.3) is 0 Å². The van der Waals surface area contributed by atoms with Gasteiger partial charge in [-0.05, 0) is 6.92 Å². The van der Waals surface area contributed by atoms with Gasteiger partial charge in [-0.2, -0.15) is 0 Å². The molecule has 0 aliphatic heterocycles. The zero-order chi connectivity index (χ0) is 10.0.